The lowest BCUT2D eigenvalue weighted by Gasteiger charge is -2.12. The number of halogens is 4. The molecule has 10 heteroatoms. The highest BCUT2D eigenvalue weighted by atomic mass is 79.9. The maximum Gasteiger partial charge on any atom is 0.398 e. The Morgan fingerprint density at radius 1 is 1.11 bits per heavy atom. The van der Waals surface area contributed by atoms with Gasteiger partial charge in [0.1, 0.15) is 5.75 Å². The molecule has 2 aromatic carbocycles. The Hall–Kier alpha value is -1.52. The summed E-state index contributed by atoms with van der Waals surface area (Å²) in [5.74, 6) is -2.99. The minimum Gasteiger partial charge on any atom is -0.324 e. The summed E-state index contributed by atoms with van der Waals surface area (Å²) < 4.78 is 62.4. The second-order valence-corrected chi connectivity index (χ2v) is 9.61. The molecule has 0 saturated carbocycles. The summed E-state index contributed by atoms with van der Waals surface area (Å²) in [4.78, 5) is 12.3. The van der Waals surface area contributed by atoms with Gasteiger partial charge in [0, 0.05) is 9.37 Å². The molecule has 2 rings (SSSR count). The number of nitrogens with one attached hydrogen (secondary N) is 1. The van der Waals surface area contributed by atoms with Crippen LogP contribution in [-0.2, 0) is 20.4 Å². The molecule has 0 aliphatic carbocycles. The lowest BCUT2D eigenvalue weighted by atomic mass is 10.2. The minimum absolute atomic E-state index is 0.148. The summed E-state index contributed by atoms with van der Waals surface area (Å²) in [5.41, 5.74) is 0.674. The Kier molecular flexibility index (Phi) is 7.35. The van der Waals surface area contributed by atoms with E-state index in [0.717, 1.165) is 4.47 Å². The van der Waals surface area contributed by atoms with Crippen molar-refractivity contribution in [1.82, 2.24) is 0 Å². The summed E-state index contributed by atoms with van der Waals surface area (Å²) in [6, 6.07) is 12.6. The van der Waals surface area contributed by atoms with E-state index in [0.29, 0.717) is 17.3 Å². The van der Waals surface area contributed by atoms with Crippen LogP contribution in [0.1, 0.15) is 5.56 Å². The van der Waals surface area contributed by atoms with Crippen LogP contribution in [0.5, 0.6) is 0 Å². The van der Waals surface area contributed by atoms with Gasteiger partial charge in [0.05, 0.1) is 17.2 Å². The monoisotopic (exact) mass is 481 g/mol. The highest BCUT2D eigenvalue weighted by molar-refractivity contribution is 9.10. The largest absolute Gasteiger partial charge is 0.398 e. The van der Waals surface area contributed by atoms with E-state index >= 15 is 0 Å². The summed E-state index contributed by atoms with van der Waals surface area (Å²) in [6.45, 7) is 0. The number of carbonyl (C=O) groups is 1. The molecular formula is C17H15BrF3NO3S2. The predicted molar refractivity (Wildman–Crippen MR) is 103 cm³/mol. The number of carbonyl (C=O) groups excluding carboxylic acids is 1. The SMILES string of the molecule is O=C(CS(=O)(=O)Cc1cccc(Br)c1)Nc1ccccc1SCC(F)(F)F. The number of anilines is 1. The highest BCUT2D eigenvalue weighted by Gasteiger charge is 2.28. The number of thioether (sulfide) groups is 1. The van der Waals surface area contributed by atoms with Crippen LogP contribution < -0.4 is 5.32 Å². The van der Waals surface area contributed by atoms with E-state index in [9.17, 15) is 26.4 Å². The number of benzene rings is 2. The van der Waals surface area contributed by atoms with Crippen molar-refractivity contribution in [2.75, 3.05) is 16.8 Å². The molecule has 4 nitrogen and oxygen atoms in total. The van der Waals surface area contributed by atoms with Gasteiger partial charge < -0.3 is 5.32 Å². The summed E-state index contributed by atoms with van der Waals surface area (Å²) in [6.07, 6.45) is -4.35. The quantitative estimate of drug-likeness (QED) is 0.584. The van der Waals surface area contributed by atoms with Gasteiger partial charge in [-0.05, 0) is 29.8 Å². The van der Waals surface area contributed by atoms with Crippen molar-refractivity contribution in [3.8, 4) is 0 Å². The number of hydrogen-bond donors (Lipinski definition) is 1. The lowest BCUT2D eigenvalue weighted by molar-refractivity contribution is -0.114. The van der Waals surface area contributed by atoms with Crippen molar-refractivity contribution in [2.24, 2.45) is 0 Å². The van der Waals surface area contributed by atoms with Crippen molar-refractivity contribution in [1.29, 1.82) is 0 Å². The maximum absolute atomic E-state index is 12.4. The smallest absolute Gasteiger partial charge is 0.324 e. The first-order valence-electron chi connectivity index (χ1n) is 7.57. The van der Waals surface area contributed by atoms with Crippen molar-refractivity contribution in [3.05, 3.63) is 58.6 Å². The molecule has 0 fully saturated rings. The van der Waals surface area contributed by atoms with E-state index in [1.807, 2.05) is 0 Å². The Morgan fingerprint density at radius 3 is 2.48 bits per heavy atom. The molecule has 0 bridgehead atoms. The predicted octanol–water partition coefficient (Wildman–Crippen LogP) is 4.66. The summed E-state index contributed by atoms with van der Waals surface area (Å²) >= 11 is 3.77. The van der Waals surface area contributed by atoms with Gasteiger partial charge in [-0.1, -0.05) is 40.2 Å². The second-order valence-electron chi connectivity index (χ2n) is 5.61. The third-order valence-corrected chi connectivity index (χ3v) is 6.29. The normalized spacial score (nSPS) is 12.0. The Labute approximate surface area is 167 Å². The van der Waals surface area contributed by atoms with E-state index in [4.69, 9.17) is 0 Å². The fourth-order valence-corrected chi connectivity index (χ4v) is 4.65. The molecular weight excluding hydrogens is 467 g/mol. The fourth-order valence-electron chi connectivity index (χ4n) is 2.17. The van der Waals surface area contributed by atoms with E-state index in [1.54, 1.807) is 36.4 Å². The summed E-state index contributed by atoms with van der Waals surface area (Å²) in [7, 11) is -3.74. The molecule has 0 aliphatic rings. The molecule has 0 unspecified atom stereocenters. The summed E-state index contributed by atoms with van der Waals surface area (Å²) in [5, 5.41) is 2.38. The zero-order chi connectivity index (χ0) is 20.1. The fraction of sp³-hybridized carbons (Fsp3) is 0.235. The van der Waals surface area contributed by atoms with E-state index < -0.39 is 33.4 Å². The van der Waals surface area contributed by atoms with E-state index in [1.165, 1.54) is 12.1 Å². The van der Waals surface area contributed by atoms with E-state index in [-0.39, 0.29) is 16.3 Å². The first-order valence-corrected chi connectivity index (χ1v) is 11.2. The standard InChI is InChI=1S/C17H15BrF3NO3S2/c18-13-5-3-4-12(8-13)9-27(24,25)10-16(23)22-14-6-1-2-7-15(14)26-11-17(19,20)21/h1-8H,9-11H2,(H,22,23). The maximum atomic E-state index is 12.4. The van der Waals surface area contributed by atoms with Crippen molar-refractivity contribution >= 4 is 49.1 Å². The Bertz CT molecular complexity index is 918. The highest BCUT2D eigenvalue weighted by Crippen LogP contribution is 2.32. The second kappa shape index (κ2) is 9.11. The topological polar surface area (TPSA) is 63.2 Å². The van der Waals surface area contributed by atoms with Crippen LogP contribution in [-0.4, -0.2) is 32.0 Å². The Balaban J connectivity index is 2.03. The van der Waals surface area contributed by atoms with Crippen molar-refractivity contribution in [3.63, 3.8) is 0 Å². The lowest BCUT2D eigenvalue weighted by Crippen LogP contribution is -2.24. The van der Waals surface area contributed by atoms with Crippen LogP contribution in [0.25, 0.3) is 0 Å². The van der Waals surface area contributed by atoms with Crippen molar-refractivity contribution in [2.45, 2.75) is 16.8 Å². The molecule has 2 aromatic rings. The van der Waals surface area contributed by atoms with Crippen LogP contribution in [0, 0.1) is 0 Å². The average molecular weight is 482 g/mol. The molecule has 146 valence electrons. The third-order valence-electron chi connectivity index (χ3n) is 3.18. The van der Waals surface area contributed by atoms with Gasteiger partial charge >= 0.3 is 6.18 Å². The van der Waals surface area contributed by atoms with Gasteiger partial charge in [0.15, 0.2) is 9.84 Å². The molecule has 0 aromatic heterocycles. The van der Waals surface area contributed by atoms with Crippen LogP contribution in [0.2, 0.25) is 0 Å². The van der Waals surface area contributed by atoms with Crippen molar-refractivity contribution < 1.29 is 26.4 Å². The number of hydrogen-bond acceptors (Lipinski definition) is 4. The molecule has 1 N–H and O–H groups in total. The number of sulfone groups is 1. The van der Waals surface area contributed by atoms with Crippen LogP contribution in [0.3, 0.4) is 0 Å². The zero-order valence-corrected chi connectivity index (χ0v) is 17.0. The third kappa shape index (κ3) is 7.94. The average Bonchev–Trinajstić information content (AvgIpc) is 2.52. The molecule has 0 heterocycles. The van der Waals surface area contributed by atoms with Gasteiger partial charge in [-0.15, -0.1) is 11.8 Å². The van der Waals surface area contributed by atoms with Gasteiger partial charge in [0.2, 0.25) is 5.91 Å². The van der Waals surface area contributed by atoms with Gasteiger partial charge in [0.25, 0.3) is 0 Å². The van der Waals surface area contributed by atoms with Gasteiger partial charge in [-0.3, -0.25) is 4.79 Å². The van der Waals surface area contributed by atoms with Crippen LogP contribution in [0.15, 0.2) is 57.9 Å². The molecule has 27 heavy (non-hydrogen) atoms. The van der Waals surface area contributed by atoms with Crippen LogP contribution >= 0.6 is 27.7 Å². The zero-order valence-electron chi connectivity index (χ0n) is 13.8. The molecule has 0 atom stereocenters. The van der Waals surface area contributed by atoms with E-state index in [2.05, 4.69) is 21.2 Å². The first-order chi connectivity index (χ1) is 12.5. The molecule has 1 amide bonds. The molecule has 0 aliphatic heterocycles. The molecule has 0 radical (unpaired) electrons. The molecule has 0 spiro atoms. The first kappa shape index (κ1) is 21.8. The number of amides is 1. The Morgan fingerprint density at radius 2 is 1.81 bits per heavy atom. The molecule has 0 saturated heterocycles. The number of rotatable bonds is 7. The number of para-hydroxylation sites is 1. The van der Waals surface area contributed by atoms with Crippen LogP contribution in [0.4, 0.5) is 18.9 Å². The minimum atomic E-state index is -4.35. The van der Waals surface area contributed by atoms with Gasteiger partial charge in [-0.25, -0.2) is 8.42 Å². The van der Waals surface area contributed by atoms with Gasteiger partial charge in [-0.2, -0.15) is 13.2 Å². The number of alkyl halides is 3.